The summed E-state index contributed by atoms with van der Waals surface area (Å²) in [5, 5.41) is 9.72. The first kappa shape index (κ1) is 17.9. The van der Waals surface area contributed by atoms with E-state index in [-0.39, 0.29) is 6.10 Å². The van der Waals surface area contributed by atoms with Gasteiger partial charge in [-0.05, 0) is 19.3 Å². The van der Waals surface area contributed by atoms with Crippen molar-refractivity contribution in [2.75, 3.05) is 13.7 Å². The molecule has 0 bridgehead atoms. The molecular weight excluding hydrogens is 224 g/mol. The minimum atomic E-state index is -0.107. The maximum atomic E-state index is 9.72. The van der Waals surface area contributed by atoms with E-state index in [4.69, 9.17) is 4.74 Å². The first-order chi connectivity index (χ1) is 8.81. The van der Waals surface area contributed by atoms with Crippen LogP contribution >= 0.6 is 0 Å². The number of unbranched alkanes of at least 4 members (excludes halogenated alkanes) is 8. The molecule has 0 saturated heterocycles. The van der Waals surface area contributed by atoms with Crippen LogP contribution < -0.4 is 0 Å². The fraction of sp³-hybridized carbons (Fsp3) is 1.00. The smallest absolute Gasteiger partial charge is 0.0541 e. The van der Waals surface area contributed by atoms with Gasteiger partial charge in [-0.15, -0.1) is 0 Å². The SMILES string of the molecule is CCCCCCCCCCCC(O)CCCOC. The third-order valence-electron chi connectivity index (χ3n) is 3.53. The molecule has 0 aliphatic rings. The van der Waals surface area contributed by atoms with E-state index in [1.54, 1.807) is 7.11 Å². The van der Waals surface area contributed by atoms with E-state index < -0.39 is 0 Å². The molecule has 1 atom stereocenters. The Bertz CT molecular complexity index is 148. The van der Waals surface area contributed by atoms with Crippen LogP contribution in [0.5, 0.6) is 0 Å². The summed E-state index contributed by atoms with van der Waals surface area (Å²) in [6.07, 6.45) is 14.9. The lowest BCUT2D eigenvalue weighted by molar-refractivity contribution is 0.126. The van der Waals surface area contributed by atoms with Gasteiger partial charge in [-0.3, -0.25) is 0 Å². The van der Waals surface area contributed by atoms with Gasteiger partial charge in [0, 0.05) is 13.7 Å². The summed E-state index contributed by atoms with van der Waals surface area (Å²) in [4.78, 5) is 0. The average Bonchev–Trinajstić information content (AvgIpc) is 2.37. The molecule has 1 unspecified atom stereocenters. The number of ether oxygens (including phenoxy) is 1. The molecule has 0 heterocycles. The molecule has 18 heavy (non-hydrogen) atoms. The van der Waals surface area contributed by atoms with Gasteiger partial charge in [0.25, 0.3) is 0 Å². The second kappa shape index (κ2) is 15.0. The van der Waals surface area contributed by atoms with Crippen molar-refractivity contribution in [1.82, 2.24) is 0 Å². The zero-order valence-corrected chi connectivity index (χ0v) is 12.6. The van der Waals surface area contributed by atoms with E-state index in [1.807, 2.05) is 0 Å². The highest BCUT2D eigenvalue weighted by Gasteiger charge is 2.03. The Morgan fingerprint density at radius 3 is 1.83 bits per heavy atom. The number of methoxy groups -OCH3 is 1. The fourth-order valence-electron chi connectivity index (χ4n) is 2.30. The van der Waals surface area contributed by atoms with Gasteiger partial charge in [0.15, 0.2) is 0 Å². The topological polar surface area (TPSA) is 29.5 Å². The number of rotatable bonds is 14. The highest BCUT2D eigenvalue weighted by molar-refractivity contribution is 4.56. The van der Waals surface area contributed by atoms with Gasteiger partial charge < -0.3 is 9.84 Å². The lowest BCUT2D eigenvalue weighted by Gasteiger charge is -2.09. The highest BCUT2D eigenvalue weighted by Crippen LogP contribution is 2.12. The maximum Gasteiger partial charge on any atom is 0.0541 e. The molecule has 2 heteroatoms. The van der Waals surface area contributed by atoms with Crippen LogP contribution in [-0.4, -0.2) is 24.9 Å². The van der Waals surface area contributed by atoms with E-state index in [2.05, 4.69) is 6.92 Å². The van der Waals surface area contributed by atoms with Crippen LogP contribution in [0, 0.1) is 0 Å². The summed E-state index contributed by atoms with van der Waals surface area (Å²) in [5.41, 5.74) is 0. The van der Waals surface area contributed by atoms with Crippen molar-refractivity contribution < 1.29 is 9.84 Å². The molecule has 0 aromatic carbocycles. The average molecular weight is 258 g/mol. The number of aliphatic hydroxyl groups is 1. The fourth-order valence-corrected chi connectivity index (χ4v) is 2.30. The minimum Gasteiger partial charge on any atom is -0.393 e. The van der Waals surface area contributed by atoms with Crippen LogP contribution in [0.25, 0.3) is 0 Å². The van der Waals surface area contributed by atoms with Gasteiger partial charge in [-0.1, -0.05) is 64.7 Å². The highest BCUT2D eigenvalue weighted by atomic mass is 16.5. The van der Waals surface area contributed by atoms with Crippen molar-refractivity contribution in [1.29, 1.82) is 0 Å². The predicted octanol–water partition coefficient (Wildman–Crippen LogP) is 4.69. The molecule has 0 saturated carbocycles. The van der Waals surface area contributed by atoms with Crippen molar-refractivity contribution in [2.45, 2.75) is 90.1 Å². The molecule has 0 aliphatic carbocycles. The second-order valence-corrected chi connectivity index (χ2v) is 5.41. The summed E-state index contributed by atoms with van der Waals surface area (Å²) >= 11 is 0. The Kier molecular flexibility index (Phi) is 14.9. The van der Waals surface area contributed by atoms with Gasteiger partial charge in [-0.2, -0.15) is 0 Å². The molecule has 0 aromatic rings. The summed E-state index contributed by atoms with van der Waals surface area (Å²) in [6, 6.07) is 0. The summed E-state index contributed by atoms with van der Waals surface area (Å²) < 4.78 is 4.98. The summed E-state index contributed by atoms with van der Waals surface area (Å²) in [6.45, 7) is 3.03. The Hall–Kier alpha value is -0.0800. The van der Waals surface area contributed by atoms with E-state index in [0.29, 0.717) is 0 Å². The van der Waals surface area contributed by atoms with Crippen LogP contribution in [-0.2, 0) is 4.74 Å². The third-order valence-corrected chi connectivity index (χ3v) is 3.53. The molecule has 110 valence electrons. The van der Waals surface area contributed by atoms with Crippen LogP contribution in [0.4, 0.5) is 0 Å². The van der Waals surface area contributed by atoms with E-state index >= 15 is 0 Å². The Balaban J connectivity index is 3.05. The number of hydrogen-bond donors (Lipinski definition) is 1. The summed E-state index contributed by atoms with van der Waals surface area (Å²) in [7, 11) is 1.72. The first-order valence-corrected chi connectivity index (χ1v) is 7.98. The Labute approximate surface area is 114 Å². The lowest BCUT2D eigenvalue weighted by atomic mass is 10.0. The molecule has 0 fully saturated rings. The lowest BCUT2D eigenvalue weighted by Crippen LogP contribution is -2.07. The molecule has 0 spiro atoms. The van der Waals surface area contributed by atoms with Gasteiger partial charge in [0.2, 0.25) is 0 Å². The van der Waals surface area contributed by atoms with Crippen LogP contribution in [0.2, 0.25) is 0 Å². The predicted molar refractivity (Wildman–Crippen MR) is 79.0 cm³/mol. The Morgan fingerprint density at radius 1 is 0.778 bits per heavy atom. The van der Waals surface area contributed by atoms with Crippen molar-refractivity contribution in [3.05, 3.63) is 0 Å². The van der Waals surface area contributed by atoms with Crippen LogP contribution in [0.3, 0.4) is 0 Å². The molecule has 1 N–H and O–H groups in total. The van der Waals surface area contributed by atoms with E-state index in [0.717, 1.165) is 25.9 Å². The van der Waals surface area contributed by atoms with Crippen molar-refractivity contribution in [3.63, 3.8) is 0 Å². The normalized spacial score (nSPS) is 12.8. The largest absolute Gasteiger partial charge is 0.393 e. The van der Waals surface area contributed by atoms with Crippen molar-refractivity contribution >= 4 is 0 Å². The van der Waals surface area contributed by atoms with Gasteiger partial charge in [0.1, 0.15) is 0 Å². The molecule has 0 rings (SSSR count). The quantitative estimate of drug-likeness (QED) is 0.458. The minimum absolute atomic E-state index is 0.107. The molecule has 0 aromatic heterocycles. The van der Waals surface area contributed by atoms with Crippen LogP contribution in [0.15, 0.2) is 0 Å². The molecule has 0 aliphatic heterocycles. The molecular formula is C16H34O2. The molecule has 2 nitrogen and oxygen atoms in total. The zero-order chi connectivity index (χ0) is 13.5. The van der Waals surface area contributed by atoms with E-state index in [9.17, 15) is 5.11 Å². The number of aliphatic hydroxyl groups excluding tert-OH is 1. The van der Waals surface area contributed by atoms with Gasteiger partial charge in [0.05, 0.1) is 6.10 Å². The van der Waals surface area contributed by atoms with Crippen molar-refractivity contribution in [2.24, 2.45) is 0 Å². The van der Waals surface area contributed by atoms with E-state index in [1.165, 1.54) is 57.8 Å². The number of hydrogen-bond acceptors (Lipinski definition) is 2. The van der Waals surface area contributed by atoms with Crippen LogP contribution in [0.1, 0.15) is 84.0 Å². The molecule has 0 amide bonds. The second-order valence-electron chi connectivity index (χ2n) is 5.41. The van der Waals surface area contributed by atoms with Gasteiger partial charge >= 0.3 is 0 Å². The van der Waals surface area contributed by atoms with Gasteiger partial charge in [-0.25, -0.2) is 0 Å². The first-order valence-electron chi connectivity index (χ1n) is 7.98. The third kappa shape index (κ3) is 14.0. The zero-order valence-electron chi connectivity index (χ0n) is 12.6. The Morgan fingerprint density at radius 2 is 1.28 bits per heavy atom. The summed E-state index contributed by atoms with van der Waals surface area (Å²) in [5.74, 6) is 0. The monoisotopic (exact) mass is 258 g/mol. The standard InChI is InChI=1S/C16H34O2/c1-3-4-5-6-7-8-9-10-11-13-16(17)14-12-15-18-2/h16-17H,3-15H2,1-2H3. The maximum absolute atomic E-state index is 9.72. The van der Waals surface area contributed by atoms with Crippen molar-refractivity contribution in [3.8, 4) is 0 Å². The molecule has 0 radical (unpaired) electrons.